The van der Waals surface area contributed by atoms with Crippen molar-refractivity contribution in [2.24, 2.45) is 0 Å². The Kier molecular flexibility index (Phi) is 5.75. The van der Waals surface area contributed by atoms with E-state index in [1.54, 1.807) is 36.4 Å². The summed E-state index contributed by atoms with van der Waals surface area (Å²) in [5.41, 5.74) is 0.549. The highest BCUT2D eigenvalue weighted by Gasteiger charge is 2.12. The van der Waals surface area contributed by atoms with E-state index in [1.807, 2.05) is 0 Å². The molecule has 0 fully saturated rings. The van der Waals surface area contributed by atoms with E-state index in [2.05, 4.69) is 10.3 Å². The van der Waals surface area contributed by atoms with E-state index in [1.165, 1.54) is 6.20 Å². The molecule has 2 aromatic rings. The minimum Gasteiger partial charge on any atom is -0.460 e. The normalized spacial score (nSPS) is 10.1. The fourth-order valence-corrected chi connectivity index (χ4v) is 2.08. The molecular formula is C15H12Cl2N2O3. The molecule has 0 bridgehead atoms. The van der Waals surface area contributed by atoms with Crippen LogP contribution in [0.4, 0.5) is 0 Å². The molecule has 0 aliphatic carbocycles. The zero-order valence-electron chi connectivity index (χ0n) is 11.4. The number of nitrogens with one attached hydrogen (secondary N) is 1. The van der Waals surface area contributed by atoms with Gasteiger partial charge in [-0.15, -0.1) is 0 Å². The van der Waals surface area contributed by atoms with Gasteiger partial charge in [-0.05, 0) is 24.3 Å². The zero-order valence-corrected chi connectivity index (χ0v) is 12.9. The summed E-state index contributed by atoms with van der Waals surface area (Å²) in [6.07, 6.45) is 1.49. The molecule has 0 saturated carbocycles. The van der Waals surface area contributed by atoms with Gasteiger partial charge >= 0.3 is 5.97 Å². The lowest BCUT2D eigenvalue weighted by atomic mass is 10.2. The van der Waals surface area contributed by atoms with Gasteiger partial charge in [-0.25, -0.2) is 9.78 Å². The third-order valence-corrected chi connectivity index (χ3v) is 3.35. The van der Waals surface area contributed by atoms with Crippen LogP contribution in [0.25, 0.3) is 0 Å². The number of esters is 1. The summed E-state index contributed by atoms with van der Waals surface area (Å²) in [7, 11) is 0. The molecule has 1 aromatic carbocycles. The highest BCUT2D eigenvalue weighted by molar-refractivity contribution is 6.33. The minimum atomic E-state index is -0.542. The van der Waals surface area contributed by atoms with Gasteiger partial charge in [0.05, 0.1) is 22.7 Å². The lowest BCUT2D eigenvalue weighted by Crippen LogP contribution is -2.28. The van der Waals surface area contributed by atoms with Crippen LogP contribution >= 0.6 is 23.2 Å². The Bertz CT molecular complexity index is 632. The van der Waals surface area contributed by atoms with Crippen molar-refractivity contribution in [2.75, 3.05) is 13.2 Å². The number of halogens is 2. The Labute approximate surface area is 137 Å². The first-order valence-electron chi connectivity index (χ1n) is 6.40. The molecule has 0 atom stereocenters. The number of hydrogen-bond donors (Lipinski definition) is 1. The number of nitrogens with zero attached hydrogens (tertiary/aromatic N) is 1. The third-order valence-electron chi connectivity index (χ3n) is 2.72. The Morgan fingerprint density at radius 2 is 1.82 bits per heavy atom. The summed E-state index contributed by atoms with van der Waals surface area (Å²) < 4.78 is 5.04. The number of carbonyl (C=O) groups excluding carboxylic acids is 2. The van der Waals surface area contributed by atoms with E-state index in [9.17, 15) is 9.59 Å². The molecule has 0 unspecified atom stereocenters. The Hall–Kier alpha value is -2.11. The van der Waals surface area contributed by atoms with Crippen molar-refractivity contribution >= 4 is 35.1 Å². The van der Waals surface area contributed by atoms with E-state index < -0.39 is 5.97 Å². The van der Waals surface area contributed by atoms with Gasteiger partial charge in [-0.3, -0.25) is 4.79 Å². The summed E-state index contributed by atoms with van der Waals surface area (Å²) in [6, 6.07) is 9.74. The molecule has 0 spiro atoms. The minimum absolute atomic E-state index is 0.0215. The number of carbonyl (C=O) groups is 2. The number of pyridine rings is 1. The van der Waals surface area contributed by atoms with Gasteiger partial charge in [0.25, 0.3) is 5.91 Å². The topological polar surface area (TPSA) is 68.3 Å². The predicted molar refractivity (Wildman–Crippen MR) is 83.3 cm³/mol. The van der Waals surface area contributed by atoms with Crippen molar-refractivity contribution in [1.29, 1.82) is 0 Å². The smallest absolute Gasteiger partial charge is 0.339 e. The molecule has 0 saturated heterocycles. The van der Waals surface area contributed by atoms with Crippen molar-refractivity contribution in [3.8, 4) is 0 Å². The molecule has 5 nitrogen and oxygen atoms in total. The van der Waals surface area contributed by atoms with E-state index in [0.717, 1.165) is 0 Å². The number of rotatable bonds is 5. The Morgan fingerprint density at radius 1 is 1.09 bits per heavy atom. The molecule has 7 heteroatoms. The second kappa shape index (κ2) is 7.77. The predicted octanol–water partition coefficient (Wildman–Crippen LogP) is 2.98. The van der Waals surface area contributed by atoms with Crippen LogP contribution in [0.3, 0.4) is 0 Å². The number of benzene rings is 1. The van der Waals surface area contributed by atoms with Gasteiger partial charge in [0.15, 0.2) is 0 Å². The molecule has 1 aromatic heterocycles. The zero-order chi connectivity index (χ0) is 15.9. The summed E-state index contributed by atoms with van der Waals surface area (Å²) in [5, 5.41) is 3.02. The van der Waals surface area contributed by atoms with Crippen molar-refractivity contribution in [1.82, 2.24) is 10.3 Å². The highest BCUT2D eigenvalue weighted by Crippen LogP contribution is 2.15. The van der Waals surface area contributed by atoms with Crippen LogP contribution in [0.2, 0.25) is 10.2 Å². The van der Waals surface area contributed by atoms with Gasteiger partial charge in [0.1, 0.15) is 11.8 Å². The molecule has 1 amide bonds. The third kappa shape index (κ3) is 4.19. The average molecular weight is 339 g/mol. The second-order valence-electron chi connectivity index (χ2n) is 4.21. The monoisotopic (exact) mass is 338 g/mol. The summed E-state index contributed by atoms with van der Waals surface area (Å²) in [4.78, 5) is 27.4. The quantitative estimate of drug-likeness (QED) is 0.517. The van der Waals surface area contributed by atoms with E-state index in [0.29, 0.717) is 5.02 Å². The van der Waals surface area contributed by atoms with Gasteiger partial charge in [0.2, 0.25) is 0 Å². The Morgan fingerprint density at radius 3 is 2.55 bits per heavy atom. The Balaban J connectivity index is 1.80. The summed E-state index contributed by atoms with van der Waals surface area (Å²) in [6.45, 7) is 0.175. The molecule has 22 heavy (non-hydrogen) atoms. The van der Waals surface area contributed by atoms with Crippen molar-refractivity contribution in [3.63, 3.8) is 0 Å². The first kappa shape index (κ1) is 16.3. The van der Waals surface area contributed by atoms with Crippen LogP contribution in [0, 0.1) is 0 Å². The molecule has 1 N–H and O–H groups in total. The van der Waals surface area contributed by atoms with E-state index in [-0.39, 0.29) is 35.3 Å². The number of hydrogen-bond acceptors (Lipinski definition) is 4. The summed E-state index contributed by atoms with van der Waals surface area (Å²) >= 11 is 11.7. The van der Waals surface area contributed by atoms with E-state index >= 15 is 0 Å². The van der Waals surface area contributed by atoms with Crippen molar-refractivity contribution in [2.45, 2.75) is 0 Å². The molecule has 0 aliphatic heterocycles. The molecule has 1 heterocycles. The van der Waals surface area contributed by atoms with Crippen LogP contribution in [-0.2, 0) is 4.74 Å². The van der Waals surface area contributed by atoms with Crippen molar-refractivity contribution < 1.29 is 14.3 Å². The maximum absolute atomic E-state index is 11.8. The first-order valence-corrected chi connectivity index (χ1v) is 7.15. The lowest BCUT2D eigenvalue weighted by molar-refractivity contribution is 0.0503. The van der Waals surface area contributed by atoms with Crippen LogP contribution < -0.4 is 5.32 Å². The number of aromatic nitrogens is 1. The SMILES string of the molecule is O=C(OCCNC(=O)c1cccnc1Cl)c1ccccc1Cl. The number of ether oxygens (including phenoxy) is 1. The van der Waals surface area contributed by atoms with Gasteiger partial charge in [-0.1, -0.05) is 35.3 Å². The lowest BCUT2D eigenvalue weighted by Gasteiger charge is -2.08. The average Bonchev–Trinajstić information content (AvgIpc) is 2.52. The molecule has 114 valence electrons. The molecule has 0 aliphatic rings. The second-order valence-corrected chi connectivity index (χ2v) is 4.98. The summed E-state index contributed by atoms with van der Waals surface area (Å²) in [5.74, 6) is -0.925. The maximum Gasteiger partial charge on any atom is 0.339 e. The fraction of sp³-hybridized carbons (Fsp3) is 0.133. The first-order chi connectivity index (χ1) is 10.6. The molecule has 2 rings (SSSR count). The standard InChI is InChI=1S/C15H12Cl2N2O3/c16-12-6-2-1-4-10(12)15(21)22-9-8-19-14(20)11-5-3-7-18-13(11)17/h1-7H,8-9H2,(H,19,20). The van der Waals surface area contributed by atoms with Gasteiger partial charge in [0, 0.05) is 6.20 Å². The largest absolute Gasteiger partial charge is 0.460 e. The van der Waals surface area contributed by atoms with E-state index in [4.69, 9.17) is 27.9 Å². The van der Waals surface area contributed by atoms with Crippen LogP contribution in [0.15, 0.2) is 42.6 Å². The number of amides is 1. The highest BCUT2D eigenvalue weighted by atomic mass is 35.5. The van der Waals surface area contributed by atoms with Crippen LogP contribution in [0.1, 0.15) is 20.7 Å². The molecular weight excluding hydrogens is 327 g/mol. The van der Waals surface area contributed by atoms with Gasteiger partial charge in [-0.2, -0.15) is 0 Å². The van der Waals surface area contributed by atoms with Crippen LogP contribution in [-0.4, -0.2) is 30.0 Å². The van der Waals surface area contributed by atoms with Gasteiger partial charge < -0.3 is 10.1 Å². The molecule has 0 radical (unpaired) electrons. The fourth-order valence-electron chi connectivity index (χ4n) is 1.66. The van der Waals surface area contributed by atoms with Crippen LogP contribution in [0.5, 0.6) is 0 Å². The van der Waals surface area contributed by atoms with Crippen molar-refractivity contribution in [3.05, 3.63) is 63.9 Å². The maximum atomic E-state index is 11.8.